The molecule has 1 saturated heterocycles. The molecule has 160 valence electrons. The van der Waals surface area contributed by atoms with E-state index in [0.717, 1.165) is 46.9 Å². The van der Waals surface area contributed by atoms with Gasteiger partial charge >= 0.3 is 0 Å². The molecule has 0 N–H and O–H groups in total. The molecule has 1 aliphatic rings. The summed E-state index contributed by atoms with van der Waals surface area (Å²) in [5, 5.41) is 5.89. The van der Waals surface area contributed by atoms with E-state index in [1.165, 1.54) is 12.8 Å². The number of para-hydroxylation sites is 1. The zero-order valence-electron chi connectivity index (χ0n) is 18.4. The Morgan fingerprint density at radius 1 is 1.00 bits per heavy atom. The van der Waals surface area contributed by atoms with E-state index in [2.05, 4.69) is 21.9 Å². The largest absolute Gasteiger partial charge is 0.457 e. The Kier molecular flexibility index (Phi) is 6.57. The molecule has 0 spiro atoms. The average molecular weight is 416 g/mol. The highest BCUT2D eigenvalue weighted by atomic mass is 16.5. The van der Waals surface area contributed by atoms with E-state index in [0.29, 0.717) is 6.04 Å². The third kappa shape index (κ3) is 4.59. The molecule has 1 atom stereocenters. The maximum Gasteiger partial charge on any atom is 0.161 e. The van der Waals surface area contributed by atoms with Crippen LogP contribution in [0, 0.1) is 0 Å². The van der Waals surface area contributed by atoms with Crippen LogP contribution in [0.2, 0.25) is 0 Å². The lowest BCUT2D eigenvalue weighted by atomic mass is 10.1. The molecule has 2 aromatic carbocycles. The van der Waals surface area contributed by atoms with Crippen molar-refractivity contribution in [3.05, 3.63) is 67.1 Å². The van der Waals surface area contributed by atoms with Gasteiger partial charge in [-0.15, -0.1) is 0 Å². The number of fused-ring (bicyclic) bond motifs is 1. The van der Waals surface area contributed by atoms with Gasteiger partial charge in [-0.2, -0.15) is 5.10 Å². The van der Waals surface area contributed by atoms with Crippen molar-refractivity contribution in [2.45, 2.75) is 39.3 Å². The fraction of sp³-hybridized carbons (Fsp3) is 0.320. The summed E-state index contributed by atoms with van der Waals surface area (Å²) in [6.07, 6.45) is 5.89. The Labute approximate surface area is 183 Å². The molecular formula is C25H29N5O. The summed E-state index contributed by atoms with van der Waals surface area (Å²) in [5.74, 6) is 1.62. The van der Waals surface area contributed by atoms with Crippen LogP contribution in [0.5, 0.6) is 11.5 Å². The van der Waals surface area contributed by atoms with Crippen LogP contribution in [0.15, 0.2) is 67.1 Å². The van der Waals surface area contributed by atoms with Gasteiger partial charge in [0.1, 0.15) is 23.5 Å². The van der Waals surface area contributed by atoms with Crippen molar-refractivity contribution in [1.82, 2.24) is 24.6 Å². The second kappa shape index (κ2) is 9.71. The molecular weight excluding hydrogens is 386 g/mol. The van der Waals surface area contributed by atoms with Crippen LogP contribution in [0.1, 0.15) is 26.7 Å². The molecule has 5 rings (SSSR count). The summed E-state index contributed by atoms with van der Waals surface area (Å²) < 4.78 is 7.94. The number of hydrogen-bond donors (Lipinski definition) is 0. The molecule has 0 saturated carbocycles. The maximum atomic E-state index is 5.91. The number of hydrogen-bond acceptors (Lipinski definition) is 5. The lowest BCUT2D eigenvalue weighted by molar-refractivity contribution is 0.277. The Hall–Kier alpha value is -3.25. The van der Waals surface area contributed by atoms with E-state index < -0.39 is 0 Å². The summed E-state index contributed by atoms with van der Waals surface area (Å²) >= 11 is 0. The Balaban J connectivity index is 0.00000112. The molecule has 0 radical (unpaired) electrons. The van der Waals surface area contributed by atoms with Crippen LogP contribution in [-0.4, -0.2) is 44.3 Å². The van der Waals surface area contributed by atoms with Crippen molar-refractivity contribution in [2.75, 3.05) is 13.6 Å². The van der Waals surface area contributed by atoms with Gasteiger partial charge in [0.05, 0.1) is 11.9 Å². The summed E-state index contributed by atoms with van der Waals surface area (Å²) in [7, 11) is 2.19. The smallest absolute Gasteiger partial charge is 0.161 e. The summed E-state index contributed by atoms with van der Waals surface area (Å²) in [6, 6.07) is 18.3. The Morgan fingerprint density at radius 3 is 2.45 bits per heavy atom. The highest BCUT2D eigenvalue weighted by Gasteiger charge is 2.23. The summed E-state index contributed by atoms with van der Waals surface area (Å²) in [6.45, 7) is 5.99. The molecule has 0 bridgehead atoms. The monoisotopic (exact) mass is 415 g/mol. The maximum absolute atomic E-state index is 5.91. The van der Waals surface area contributed by atoms with Gasteiger partial charge < -0.3 is 9.64 Å². The molecule has 31 heavy (non-hydrogen) atoms. The highest BCUT2D eigenvalue weighted by Crippen LogP contribution is 2.30. The van der Waals surface area contributed by atoms with Crippen LogP contribution in [0.25, 0.3) is 22.3 Å². The number of benzene rings is 2. The van der Waals surface area contributed by atoms with Gasteiger partial charge in [0.15, 0.2) is 5.65 Å². The van der Waals surface area contributed by atoms with Gasteiger partial charge in [0.25, 0.3) is 0 Å². The molecule has 3 heterocycles. The van der Waals surface area contributed by atoms with E-state index >= 15 is 0 Å². The van der Waals surface area contributed by atoms with Gasteiger partial charge in [-0.1, -0.05) is 32.0 Å². The van der Waals surface area contributed by atoms with E-state index in [9.17, 15) is 0 Å². The average Bonchev–Trinajstić information content (AvgIpc) is 3.40. The van der Waals surface area contributed by atoms with Crippen LogP contribution in [-0.2, 0) is 6.54 Å². The molecule has 6 heteroatoms. The lowest BCUT2D eigenvalue weighted by Gasteiger charge is -2.19. The van der Waals surface area contributed by atoms with Gasteiger partial charge in [-0.3, -0.25) is 0 Å². The standard InChI is InChI=1S/C23H23N5O.C2H6/c1-27-13-5-6-18(27)15-28-23-21(14-24-16-25-23)22(26-28)17-9-11-20(12-10-17)29-19-7-3-2-4-8-19;1-2/h2-4,7-12,14,16,18H,5-6,13,15H2,1H3;1-2H3/t18-;/m1./s1. The van der Waals surface area contributed by atoms with Gasteiger partial charge in [0.2, 0.25) is 0 Å². The fourth-order valence-corrected chi connectivity index (χ4v) is 3.97. The van der Waals surface area contributed by atoms with Gasteiger partial charge in [-0.05, 0) is 62.8 Å². The van der Waals surface area contributed by atoms with Crippen molar-refractivity contribution in [3.8, 4) is 22.8 Å². The zero-order valence-corrected chi connectivity index (χ0v) is 18.4. The minimum atomic E-state index is 0.502. The first kappa shape index (κ1) is 21.0. The zero-order chi connectivity index (χ0) is 21.6. The second-order valence-electron chi connectivity index (χ2n) is 7.51. The van der Waals surface area contributed by atoms with Gasteiger partial charge in [-0.25, -0.2) is 14.6 Å². The number of likely N-dealkylation sites (N-methyl/N-ethyl adjacent to an activating group) is 1. The molecule has 2 aromatic heterocycles. The highest BCUT2D eigenvalue weighted by molar-refractivity contribution is 5.90. The number of ether oxygens (including phenoxy) is 1. The van der Waals surface area contributed by atoms with Crippen LogP contribution < -0.4 is 4.74 Å². The Bertz CT molecular complexity index is 1110. The molecule has 0 aliphatic carbocycles. The number of likely N-dealkylation sites (tertiary alicyclic amines) is 1. The molecule has 6 nitrogen and oxygen atoms in total. The molecule has 0 unspecified atom stereocenters. The van der Waals surface area contributed by atoms with E-state index in [1.54, 1.807) is 6.33 Å². The predicted molar refractivity (Wildman–Crippen MR) is 124 cm³/mol. The normalized spacial score (nSPS) is 16.2. The van der Waals surface area contributed by atoms with Gasteiger partial charge in [0, 0.05) is 17.8 Å². The fourth-order valence-electron chi connectivity index (χ4n) is 3.97. The topological polar surface area (TPSA) is 56.1 Å². The van der Waals surface area contributed by atoms with Crippen molar-refractivity contribution < 1.29 is 4.74 Å². The molecule has 1 fully saturated rings. The van der Waals surface area contributed by atoms with Crippen molar-refractivity contribution in [3.63, 3.8) is 0 Å². The molecule has 4 aromatic rings. The number of nitrogens with zero attached hydrogens (tertiary/aromatic N) is 5. The molecule has 1 aliphatic heterocycles. The lowest BCUT2D eigenvalue weighted by Crippen LogP contribution is -2.29. The van der Waals surface area contributed by atoms with Crippen molar-refractivity contribution >= 4 is 11.0 Å². The summed E-state index contributed by atoms with van der Waals surface area (Å²) in [4.78, 5) is 11.2. The first-order chi connectivity index (χ1) is 15.3. The predicted octanol–water partition coefficient (Wildman–Crippen LogP) is 5.41. The third-order valence-corrected chi connectivity index (χ3v) is 5.57. The Morgan fingerprint density at radius 2 is 1.74 bits per heavy atom. The van der Waals surface area contributed by atoms with E-state index in [4.69, 9.17) is 9.84 Å². The van der Waals surface area contributed by atoms with Crippen LogP contribution >= 0.6 is 0 Å². The molecule has 0 amide bonds. The second-order valence-corrected chi connectivity index (χ2v) is 7.51. The van der Waals surface area contributed by atoms with E-state index in [1.807, 2.05) is 79.3 Å². The minimum Gasteiger partial charge on any atom is -0.457 e. The van der Waals surface area contributed by atoms with Crippen molar-refractivity contribution in [2.24, 2.45) is 0 Å². The minimum absolute atomic E-state index is 0.502. The SMILES string of the molecule is CC.CN1CCC[C@@H]1Cn1nc(-c2ccc(Oc3ccccc3)cc2)c2cncnc21. The van der Waals surface area contributed by atoms with Crippen molar-refractivity contribution in [1.29, 1.82) is 0 Å². The summed E-state index contributed by atoms with van der Waals surface area (Å²) in [5.41, 5.74) is 2.83. The first-order valence-corrected chi connectivity index (χ1v) is 11.0. The number of aromatic nitrogens is 4. The van der Waals surface area contributed by atoms with E-state index in [-0.39, 0.29) is 0 Å². The third-order valence-electron chi connectivity index (χ3n) is 5.57. The quantitative estimate of drug-likeness (QED) is 0.436. The number of rotatable bonds is 5. The van der Waals surface area contributed by atoms with Crippen LogP contribution in [0.4, 0.5) is 0 Å². The first-order valence-electron chi connectivity index (χ1n) is 11.0. The van der Waals surface area contributed by atoms with Crippen LogP contribution in [0.3, 0.4) is 0 Å².